The van der Waals surface area contributed by atoms with Gasteiger partial charge in [0.2, 0.25) is 0 Å². The average Bonchev–Trinajstić information content (AvgIpc) is 2.42. The van der Waals surface area contributed by atoms with E-state index in [4.69, 9.17) is 0 Å². The molecule has 0 heterocycles. The number of amides is 2. The van der Waals surface area contributed by atoms with Crippen LogP contribution in [0.5, 0.6) is 0 Å². The lowest BCUT2D eigenvalue weighted by Gasteiger charge is -2.19. The van der Waals surface area contributed by atoms with Gasteiger partial charge >= 0.3 is 6.03 Å². The molecule has 4 heteroatoms. The highest BCUT2D eigenvalue weighted by atomic mass is 16.2. The molecule has 4 nitrogen and oxygen atoms in total. The smallest absolute Gasteiger partial charge is 0.321 e. The third-order valence-electron chi connectivity index (χ3n) is 3.01. The summed E-state index contributed by atoms with van der Waals surface area (Å²) >= 11 is 0. The molecule has 1 aromatic rings. The van der Waals surface area contributed by atoms with Gasteiger partial charge < -0.3 is 15.5 Å². The number of urea groups is 1. The van der Waals surface area contributed by atoms with Gasteiger partial charge in [0.1, 0.15) is 0 Å². The number of hydrogen-bond donors (Lipinski definition) is 2. The van der Waals surface area contributed by atoms with Gasteiger partial charge in [0.25, 0.3) is 0 Å². The molecule has 1 rings (SSSR count). The SMILES string of the molecule is CCCNCc1ccc(NC(=O)N(CC)CC)cc1. The highest BCUT2D eigenvalue weighted by Crippen LogP contribution is 2.10. The number of hydrogen-bond acceptors (Lipinski definition) is 2. The van der Waals surface area contributed by atoms with Crippen molar-refractivity contribution in [3.8, 4) is 0 Å². The van der Waals surface area contributed by atoms with Crippen LogP contribution in [0, 0.1) is 0 Å². The Kier molecular flexibility index (Phi) is 6.97. The molecule has 0 aliphatic carbocycles. The molecule has 0 spiro atoms. The van der Waals surface area contributed by atoms with E-state index in [1.807, 2.05) is 38.1 Å². The first-order valence-electron chi connectivity index (χ1n) is 7.06. The molecule has 106 valence electrons. The molecule has 0 saturated heterocycles. The van der Waals surface area contributed by atoms with Gasteiger partial charge in [0, 0.05) is 25.3 Å². The van der Waals surface area contributed by atoms with Gasteiger partial charge in [-0.25, -0.2) is 4.79 Å². The molecule has 0 saturated carbocycles. The fourth-order valence-electron chi connectivity index (χ4n) is 1.83. The van der Waals surface area contributed by atoms with Crippen LogP contribution in [0.25, 0.3) is 0 Å². The van der Waals surface area contributed by atoms with Crippen LogP contribution in [-0.4, -0.2) is 30.6 Å². The van der Waals surface area contributed by atoms with E-state index in [0.717, 1.165) is 38.3 Å². The predicted octanol–water partition coefficient (Wildman–Crippen LogP) is 3.06. The van der Waals surface area contributed by atoms with Crippen LogP contribution in [-0.2, 0) is 6.54 Å². The van der Waals surface area contributed by atoms with Crippen LogP contribution in [0.4, 0.5) is 10.5 Å². The second-order valence-corrected chi connectivity index (χ2v) is 4.48. The summed E-state index contributed by atoms with van der Waals surface area (Å²) in [7, 11) is 0. The number of carbonyl (C=O) groups excluding carboxylic acids is 1. The van der Waals surface area contributed by atoms with Gasteiger partial charge in [-0.05, 0) is 44.5 Å². The standard InChI is InChI=1S/C15H25N3O/c1-4-11-16-12-13-7-9-14(10-8-13)17-15(19)18(5-2)6-3/h7-10,16H,4-6,11-12H2,1-3H3,(H,17,19). The van der Waals surface area contributed by atoms with Gasteiger partial charge in [-0.15, -0.1) is 0 Å². The van der Waals surface area contributed by atoms with Crippen molar-refractivity contribution >= 4 is 11.7 Å². The van der Waals surface area contributed by atoms with E-state index in [2.05, 4.69) is 17.6 Å². The lowest BCUT2D eigenvalue weighted by atomic mass is 10.2. The van der Waals surface area contributed by atoms with E-state index in [1.165, 1.54) is 5.56 Å². The third kappa shape index (κ3) is 5.30. The van der Waals surface area contributed by atoms with E-state index < -0.39 is 0 Å². The van der Waals surface area contributed by atoms with Crippen LogP contribution in [0.3, 0.4) is 0 Å². The molecule has 0 bridgehead atoms. The van der Waals surface area contributed by atoms with Crippen molar-refractivity contribution in [3.05, 3.63) is 29.8 Å². The van der Waals surface area contributed by atoms with Crippen LogP contribution in [0.15, 0.2) is 24.3 Å². The van der Waals surface area contributed by atoms with Crippen molar-refractivity contribution in [1.82, 2.24) is 10.2 Å². The van der Waals surface area contributed by atoms with Crippen molar-refractivity contribution in [2.24, 2.45) is 0 Å². The van der Waals surface area contributed by atoms with Gasteiger partial charge in [-0.2, -0.15) is 0 Å². The van der Waals surface area contributed by atoms with E-state index >= 15 is 0 Å². The average molecular weight is 263 g/mol. The maximum atomic E-state index is 11.9. The first kappa shape index (κ1) is 15.5. The van der Waals surface area contributed by atoms with Crippen molar-refractivity contribution in [2.45, 2.75) is 33.7 Å². The molecular formula is C15H25N3O. The molecular weight excluding hydrogens is 238 g/mol. The number of carbonyl (C=O) groups is 1. The Labute approximate surface area is 116 Å². The minimum Gasteiger partial charge on any atom is -0.325 e. The first-order chi connectivity index (χ1) is 9.21. The zero-order valence-electron chi connectivity index (χ0n) is 12.2. The number of anilines is 1. The molecule has 0 fully saturated rings. The maximum absolute atomic E-state index is 11.9. The van der Waals surface area contributed by atoms with Crippen molar-refractivity contribution in [1.29, 1.82) is 0 Å². The minimum atomic E-state index is -0.0399. The summed E-state index contributed by atoms with van der Waals surface area (Å²) in [6.07, 6.45) is 1.14. The number of rotatable bonds is 7. The van der Waals surface area contributed by atoms with E-state index in [-0.39, 0.29) is 6.03 Å². The van der Waals surface area contributed by atoms with Gasteiger partial charge in [-0.1, -0.05) is 19.1 Å². The van der Waals surface area contributed by atoms with Crippen LogP contribution in [0.1, 0.15) is 32.8 Å². The quantitative estimate of drug-likeness (QED) is 0.743. The Morgan fingerprint density at radius 3 is 2.26 bits per heavy atom. The Hall–Kier alpha value is -1.55. The summed E-state index contributed by atoms with van der Waals surface area (Å²) in [6, 6.07) is 7.94. The molecule has 2 N–H and O–H groups in total. The Bertz CT molecular complexity index is 371. The summed E-state index contributed by atoms with van der Waals surface area (Å²) in [5.74, 6) is 0. The largest absolute Gasteiger partial charge is 0.325 e. The topological polar surface area (TPSA) is 44.4 Å². The highest BCUT2D eigenvalue weighted by molar-refractivity contribution is 5.89. The minimum absolute atomic E-state index is 0.0399. The molecule has 0 unspecified atom stereocenters. The van der Waals surface area contributed by atoms with Gasteiger partial charge in [-0.3, -0.25) is 0 Å². The van der Waals surface area contributed by atoms with Gasteiger partial charge in [0.05, 0.1) is 0 Å². The monoisotopic (exact) mass is 263 g/mol. The lowest BCUT2D eigenvalue weighted by Crippen LogP contribution is -2.34. The number of benzene rings is 1. The van der Waals surface area contributed by atoms with Crippen LogP contribution < -0.4 is 10.6 Å². The second kappa shape index (κ2) is 8.53. The second-order valence-electron chi connectivity index (χ2n) is 4.48. The molecule has 2 amide bonds. The normalized spacial score (nSPS) is 10.3. The van der Waals surface area contributed by atoms with Crippen molar-refractivity contribution in [2.75, 3.05) is 25.0 Å². The predicted molar refractivity (Wildman–Crippen MR) is 80.4 cm³/mol. The Morgan fingerprint density at radius 1 is 1.11 bits per heavy atom. The first-order valence-corrected chi connectivity index (χ1v) is 7.06. The lowest BCUT2D eigenvalue weighted by molar-refractivity contribution is 0.217. The summed E-state index contributed by atoms with van der Waals surface area (Å²) < 4.78 is 0. The fraction of sp³-hybridized carbons (Fsp3) is 0.533. The molecule has 0 radical (unpaired) electrons. The third-order valence-corrected chi connectivity index (χ3v) is 3.01. The summed E-state index contributed by atoms with van der Waals surface area (Å²) in [4.78, 5) is 13.6. The van der Waals surface area contributed by atoms with Crippen LogP contribution in [0.2, 0.25) is 0 Å². The van der Waals surface area contributed by atoms with Gasteiger partial charge in [0.15, 0.2) is 0 Å². The van der Waals surface area contributed by atoms with E-state index in [0.29, 0.717) is 0 Å². The number of nitrogens with one attached hydrogen (secondary N) is 2. The van der Waals surface area contributed by atoms with Crippen molar-refractivity contribution in [3.63, 3.8) is 0 Å². The molecule has 0 atom stereocenters. The maximum Gasteiger partial charge on any atom is 0.321 e. The zero-order chi connectivity index (χ0) is 14.1. The molecule has 0 aromatic heterocycles. The van der Waals surface area contributed by atoms with E-state index in [9.17, 15) is 4.79 Å². The summed E-state index contributed by atoms with van der Waals surface area (Å²) in [6.45, 7) is 9.46. The Morgan fingerprint density at radius 2 is 1.74 bits per heavy atom. The fourth-order valence-corrected chi connectivity index (χ4v) is 1.83. The molecule has 0 aliphatic heterocycles. The van der Waals surface area contributed by atoms with E-state index in [1.54, 1.807) is 4.90 Å². The molecule has 1 aromatic carbocycles. The highest BCUT2D eigenvalue weighted by Gasteiger charge is 2.08. The molecule has 0 aliphatic rings. The summed E-state index contributed by atoms with van der Waals surface area (Å²) in [5.41, 5.74) is 2.07. The Balaban J connectivity index is 2.49. The zero-order valence-corrected chi connectivity index (χ0v) is 12.2. The van der Waals surface area contributed by atoms with Crippen LogP contribution >= 0.6 is 0 Å². The summed E-state index contributed by atoms with van der Waals surface area (Å²) in [5, 5.41) is 6.26. The van der Waals surface area contributed by atoms with Crippen molar-refractivity contribution < 1.29 is 4.79 Å². The molecule has 19 heavy (non-hydrogen) atoms. The number of nitrogens with zero attached hydrogens (tertiary/aromatic N) is 1.